The van der Waals surface area contributed by atoms with E-state index >= 15 is 0 Å². The number of carboxylic acid groups (broad SMARTS) is 1. The fourth-order valence-corrected chi connectivity index (χ4v) is 3.05. The fourth-order valence-electron chi connectivity index (χ4n) is 2.06. The summed E-state index contributed by atoms with van der Waals surface area (Å²) in [5, 5.41) is 13.0. The summed E-state index contributed by atoms with van der Waals surface area (Å²) >= 11 is 5.79. The van der Waals surface area contributed by atoms with Crippen LogP contribution >= 0.6 is 11.6 Å². The van der Waals surface area contributed by atoms with Crippen LogP contribution in [0, 0.1) is 0 Å². The average Bonchev–Trinajstić information content (AvgIpc) is 2.60. The number of halogens is 1. The van der Waals surface area contributed by atoms with Crippen LogP contribution in [0.1, 0.15) is 15.9 Å². The molecule has 0 spiro atoms. The Morgan fingerprint density at radius 1 is 1.15 bits per heavy atom. The van der Waals surface area contributed by atoms with Crippen LogP contribution in [0.3, 0.4) is 0 Å². The number of sulfonamides is 1. The van der Waals surface area contributed by atoms with E-state index in [9.17, 15) is 18.0 Å². The number of amides is 1. The van der Waals surface area contributed by atoms with Crippen LogP contribution in [0.4, 0.5) is 5.69 Å². The predicted molar refractivity (Wildman–Crippen MR) is 103 cm³/mol. The van der Waals surface area contributed by atoms with Crippen LogP contribution < -0.4 is 9.73 Å². The number of hydrogen-bond acceptors (Lipinski definition) is 5. The molecule has 0 radical (unpaired) electrons. The first-order valence-electron chi connectivity index (χ1n) is 7.55. The lowest BCUT2D eigenvalue weighted by molar-refractivity contribution is -0.119. The summed E-state index contributed by atoms with van der Waals surface area (Å²) in [7, 11) is -3.69. The minimum absolute atomic E-state index is 0.128. The molecule has 0 atom stereocenters. The number of nitrogens with zero attached hydrogens (tertiary/aromatic N) is 2. The molecule has 0 saturated carbocycles. The number of carbonyl (C=O) groups is 2. The number of carbonyl (C=O) groups excluding carboxylic acids is 1. The molecular formula is C17H16ClN3O5S. The van der Waals surface area contributed by atoms with Gasteiger partial charge in [0.15, 0.2) is 0 Å². The number of hydrogen-bond donors (Lipinski definition) is 2. The van der Waals surface area contributed by atoms with E-state index in [0.29, 0.717) is 16.3 Å². The normalized spacial score (nSPS) is 11.3. The molecule has 2 aromatic rings. The first-order valence-corrected chi connectivity index (χ1v) is 9.78. The van der Waals surface area contributed by atoms with Crippen molar-refractivity contribution in [2.75, 3.05) is 17.1 Å². The highest BCUT2D eigenvalue weighted by molar-refractivity contribution is 7.92. The van der Waals surface area contributed by atoms with Gasteiger partial charge in [0.2, 0.25) is 10.0 Å². The molecular weight excluding hydrogens is 394 g/mol. The smallest absolute Gasteiger partial charge is 0.335 e. The second-order valence-corrected chi connectivity index (χ2v) is 7.81. The van der Waals surface area contributed by atoms with Gasteiger partial charge in [-0.25, -0.2) is 18.6 Å². The number of aromatic carboxylic acids is 1. The van der Waals surface area contributed by atoms with Gasteiger partial charge in [-0.15, -0.1) is 0 Å². The summed E-state index contributed by atoms with van der Waals surface area (Å²) in [5.74, 6) is -1.69. The molecule has 0 saturated heterocycles. The quantitative estimate of drug-likeness (QED) is 0.535. The van der Waals surface area contributed by atoms with E-state index in [-0.39, 0.29) is 5.56 Å². The Kier molecular flexibility index (Phi) is 6.54. The number of nitrogens with one attached hydrogen (secondary N) is 1. The minimum atomic E-state index is -3.69. The maximum Gasteiger partial charge on any atom is 0.335 e. The Hall–Kier alpha value is -2.91. The Morgan fingerprint density at radius 2 is 1.74 bits per heavy atom. The van der Waals surface area contributed by atoms with Crippen molar-refractivity contribution < 1.29 is 23.1 Å². The van der Waals surface area contributed by atoms with E-state index in [4.69, 9.17) is 16.7 Å². The van der Waals surface area contributed by atoms with Gasteiger partial charge in [0, 0.05) is 5.02 Å². The van der Waals surface area contributed by atoms with Gasteiger partial charge in [-0.2, -0.15) is 5.10 Å². The first kappa shape index (κ1) is 20.4. The van der Waals surface area contributed by atoms with Gasteiger partial charge in [0.25, 0.3) is 5.91 Å². The van der Waals surface area contributed by atoms with E-state index in [2.05, 4.69) is 10.5 Å². The van der Waals surface area contributed by atoms with Crippen LogP contribution in [-0.4, -0.2) is 44.4 Å². The van der Waals surface area contributed by atoms with Crippen LogP contribution in [0.25, 0.3) is 0 Å². The number of carboxylic acids is 1. The lowest BCUT2D eigenvalue weighted by Gasteiger charge is -2.21. The maximum atomic E-state index is 12.0. The Bertz CT molecular complexity index is 957. The molecule has 0 fully saturated rings. The third-order valence-electron chi connectivity index (χ3n) is 3.36. The Balaban J connectivity index is 2.03. The van der Waals surface area contributed by atoms with Crippen molar-refractivity contribution in [3.63, 3.8) is 0 Å². The summed E-state index contributed by atoms with van der Waals surface area (Å²) in [6.07, 6.45) is 2.30. The number of rotatable bonds is 7. The SMILES string of the molecule is CS(=O)(=O)N(CC(=O)N/N=C\c1ccc(C(=O)O)cc1)c1ccc(Cl)cc1. The second kappa shape index (κ2) is 8.65. The molecule has 0 heterocycles. The van der Waals surface area contributed by atoms with Crippen LogP contribution in [0.2, 0.25) is 5.02 Å². The van der Waals surface area contributed by atoms with Gasteiger partial charge in [0.1, 0.15) is 6.54 Å². The van der Waals surface area contributed by atoms with Gasteiger partial charge < -0.3 is 5.11 Å². The van der Waals surface area contributed by atoms with Crippen molar-refractivity contribution >= 4 is 45.4 Å². The lowest BCUT2D eigenvalue weighted by atomic mass is 10.1. The number of benzene rings is 2. The van der Waals surface area contributed by atoms with Gasteiger partial charge in [0.05, 0.1) is 23.7 Å². The van der Waals surface area contributed by atoms with Crippen molar-refractivity contribution in [3.05, 3.63) is 64.7 Å². The molecule has 2 rings (SSSR count). The molecule has 0 aliphatic carbocycles. The molecule has 8 nitrogen and oxygen atoms in total. The highest BCUT2D eigenvalue weighted by Crippen LogP contribution is 2.20. The summed E-state index contributed by atoms with van der Waals surface area (Å²) in [6, 6.07) is 11.9. The molecule has 142 valence electrons. The van der Waals surface area contributed by atoms with E-state index in [1.165, 1.54) is 54.7 Å². The monoisotopic (exact) mass is 409 g/mol. The van der Waals surface area contributed by atoms with E-state index in [1.54, 1.807) is 0 Å². The molecule has 0 aliphatic heterocycles. The van der Waals surface area contributed by atoms with Gasteiger partial charge in [-0.1, -0.05) is 23.7 Å². The molecule has 27 heavy (non-hydrogen) atoms. The second-order valence-electron chi connectivity index (χ2n) is 5.47. The molecule has 0 unspecified atom stereocenters. The van der Waals surface area contributed by atoms with Crippen LogP contribution in [0.5, 0.6) is 0 Å². The molecule has 10 heteroatoms. The van der Waals surface area contributed by atoms with Gasteiger partial charge >= 0.3 is 5.97 Å². The summed E-state index contributed by atoms with van der Waals surface area (Å²) in [4.78, 5) is 22.8. The lowest BCUT2D eigenvalue weighted by Crippen LogP contribution is -2.38. The highest BCUT2D eigenvalue weighted by Gasteiger charge is 2.20. The summed E-state index contributed by atoms with van der Waals surface area (Å²) < 4.78 is 24.8. The topological polar surface area (TPSA) is 116 Å². The van der Waals surface area contributed by atoms with Crippen LogP contribution in [-0.2, 0) is 14.8 Å². The van der Waals surface area contributed by atoms with Crippen LogP contribution in [0.15, 0.2) is 53.6 Å². The van der Waals surface area contributed by atoms with E-state index < -0.39 is 28.4 Å². The molecule has 0 aliphatic rings. The van der Waals surface area contributed by atoms with Gasteiger partial charge in [-0.3, -0.25) is 9.10 Å². The van der Waals surface area contributed by atoms with Crippen molar-refractivity contribution in [1.29, 1.82) is 0 Å². The fraction of sp³-hybridized carbons (Fsp3) is 0.118. The van der Waals surface area contributed by atoms with E-state index in [0.717, 1.165) is 10.6 Å². The predicted octanol–water partition coefficient (Wildman–Crippen LogP) is 1.95. The molecule has 0 bridgehead atoms. The minimum Gasteiger partial charge on any atom is -0.478 e. The zero-order chi connectivity index (χ0) is 20.0. The van der Waals surface area contributed by atoms with Crippen molar-refractivity contribution in [3.8, 4) is 0 Å². The van der Waals surface area contributed by atoms with Crippen molar-refractivity contribution in [2.24, 2.45) is 5.10 Å². The van der Waals surface area contributed by atoms with Gasteiger partial charge in [-0.05, 0) is 42.0 Å². The molecule has 2 N–H and O–H groups in total. The first-order chi connectivity index (χ1) is 12.7. The zero-order valence-corrected chi connectivity index (χ0v) is 15.7. The van der Waals surface area contributed by atoms with E-state index in [1.807, 2.05) is 0 Å². The molecule has 2 aromatic carbocycles. The average molecular weight is 410 g/mol. The third kappa shape index (κ3) is 6.08. The van der Waals surface area contributed by atoms with Crippen molar-refractivity contribution in [1.82, 2.24) is 5.43 Å². The summed E-state index contributed by atoms with van der Waals surface area (Å²) in [5.41, 5.74) is 3.23. The molecule has 1 amide bonds. The maximum absolute atomic E-state index is 12.0. The van der Waals surface area contributed by atoms with Crippen molar-refractivity contribution in [2.45, 2.75) is 0 Å². The summed E-state index contributed by atoms with van der Waals surface area (Å²) in [6.45, 7) is -0.463. The third-order valence-corrected chi connectivity index (χ3v) is 4.76. The number of anilines is 1. The molecule has 0 aromatic heterocycles. The number of hydrazone groups is 1. The zero-order valence-electron chi connectivity index (χ0n) is 14.2. The largest absolute Gasteiger partial charge is 0.478 e. The Labute approximate surface area is 161 Å². The Morgan fingerprint density at radius 3 is 2.26 bits per heavy atom. The standard InChI is InChI=1S/C17H16ClN3O5S/c1-27(25,26)21(15-8-6-14(18)7-9-15)11-16(22)20-19-10-12-2-4-13(5-3-12)17(23)24/h2-10H,11H2,1H3,(H,20,22)(H,23,24)/b19-10-. The highest BCUT2D eigenvalue weighted by atomic mass is 35.5.